The van der Waals surface area contributed by atoms with Gasteiger partial charge in [-0.15, -0.1) is 10.2 Å². The SMILES string of the molecule is COc1ccc([N+](=O)[O-])cc1NC(=O)CSc1nnc(-c2cccnc2)n1N. The van der Waals surface area contributed by atoms with Crippen molar-refractivity contribution in [1.29, 1.82) is 0 Å². The lowest BCUT2D eigenvalue weighted by atomic mass is 10.2. The number of non-ortho nitro benzene ring substituents is 1. The number of nitrogens with two attached hydrogens (primary N) is 1. The molecule has 28 heavy (non-hydrogen) atoms. The van der Waals surface area contributed by atoms with E-state index >= 15 is 0 Å². The highest BCUT2D eigenvalue weighted by Crippen LogP contribution is 2.29. The molecule has 3 aromatic rings. The summed E-state index contributed by atoms with van der Waals surface area (Å²) in [6.07, 6.45) is 3.23. The maximum absolute atomic E-state index is 12.3. The number of anilines is 1. The van der Waals surface area contributed by atoms with Gasteiger partial charge in [0.05, 0.1) is 23.5 Å². The first-order valence-electron chi connectivity index (χ1n) is 7.85. The summed E-state index contributed by atoms with van der Waals surface area (Å²) in [6, 6.07) is 7.47. The summed E-state index contributed by atoms with van der Waals surface area (Å²) >= 11 is 1.07. The fourth-order valence-electron chi connectivity index (χ4n) is 2.29. The van der Waals surface area contributed by atoms with Gasteiger partial charge < -0.3 is 15.9 Å². The Balaban J connectivity index is 1.68. The molecular formula is C16H15N7O4S. The van der Waals surface area contributed by atoms with Gasteiger partial charge in [-0.05, 0) is 18.2 Å². The van der Waals surface area contributed by atoms with Crippen LogP contribution in [0.25, 0.3) is 11.4 Å². The maximum Gasteiger partial charge on any atom is 0.271 e. The van der Waals surface area contributed by atoms with Crippen molar-refractivity contribution in [3.05, 3.63) is 52.8 Å². The summed E-state index contributed by atoms with van der Waals surface area (Å²) in [5.74, 6) is 6.27. The van der Waals surface area contributed by atoms with Crippen molar-refractivity contribution in [2.75, 3.05) is 24.0 Å². The minimum atomic E-state index is -0.555. The zero-order valence-corrected chi connectivity index (χ0v) is 15.4. The number of carbonyl (C=O) groups excluding carboxylic acids is 1. The Morgan fingerprint density at radius 3 is 2.89 bits per heavy atom. The number of nitrogen functional groups attached to an aromatic ring is 1. The van der Waals surface area contributed by atoms with Crippen LogP contribution in [-0.2, 0) is 4.79 Å². The number of nitrogens with one attached hydrogen (secondary N) is 1. The van der Waals surface area contributed by atoms with E-state index in [2.05, 4.69) is 20.5 Å². The van der Waals surface area contributed by atoms with E-state index in [0.717, 1.165) is 11.8 Å². The van der Waals surface area contributed by atoms with Crippen molar-refractivity contribution in [3.63, 3.8) is 0 Å². The number of aromatic nitrogens is 4. The number of amides is 1. The number of thioether (sulfide) groups is 1. The second-order valence-electron chi connectivity index (χ2n) is 5.40. The Kier molecular flexibility index (Phi) is 5.69. The summed E-state index contributed by atoms with van der Waals surface area (Å²) < 4.78 is 6.39. The van der Waals surface area contributed by atoms with Gasteiger partial charge in [0.2, 0.25) is 11.1 Å². The predicted molar refractivity (Wildman–Crippen MR) is 102 cm³/mol. The second kappa shape index (κ2) is 8.35. The summed E-state index contributed by atoms with van der Waals surface area (Å²) in [5.41, 5.74) is 0.731. The quantitative estimate of drug-likeness (QED) is 0.261. The van der Waals surface area contributed by atoms with E-state index in [1.165, 1.54) is 30.0 Å². The highest BCUT2D eigenvalue weighted by molar-refractivity contribution is 7.99. The van der Waals surface area contributed by atoms with E-state index in [0.29, 0.717) is 22.3 Å². The Morgan fingerprint density at radius 1 is 1.39 bits per heavy atom. The van der Waals surface area contributed by atoms with Crippen molar-refractivity contribution >= 4 is 29.0 Å². The van der Waals surface area contributed by atoms with Gasteiger partial charge in [0.15, 0.2) is 5.82 Å². The van der Waals surface area contributed by atoms with E-state index < -0.39 is 10.8 Å². The highest BCUT2D eigenvalue weighted by Gasteiger charge is 2.16. The minimum Gasteiger partial charge on any atom is -0.495 e. The van der Waals surface area contributed by atoms with Crippen LogP contribution in [0.5, 0.6) is 5.75 Å². The van der Waals surface area contributed by atoms with Gasteiger partial charge in [0.25, 0.3) is 5.69 Å². The monoisotopic (exact) mass is 401 g/mol. The van der Waals surface area contributed by atoms with Crippen molar-refractivity contribution < 1.29 is 14.5 Å². The lowest BCUT2D eigenvalue weighted by molar-refractivity contribution is -0.384. The second-order valence-corrected chi connectivity index (χ2v) is 6.34. The number of nitro benzene ring substituents is 1. The molecule has 0 aliphatic heterocycles. The molecule has 0 saturated carbocycles. The van der Waals surface area contributed by atoms with Crippen LogP contribution in [0.3, 0.4) is 0 Å². The first-order valence-corrected chi connectivity index (χ1v) is 8.84. The maximum atomic E-state index is 12.3. The van der Waals surface area contributed by atoms with Gasteiger partial charge in [0.1, 0.15) is 5.75 Å². The van der Waals surface area contributed by atoms with E-state index in [9.17, 15) is 14.9 Å². The lowest BCUT2D eigenvalue weighted by Crippen LogP contribution is -2.17. The third-order valence-corrected chi connectivity index (χ3v) is 4.53. The Labute approximate surface area is 163 Å². The Bertz CT molecular complexity index is 1010. The van der Waals surface area contributed by atoms with Crippen LogP contribution in [0.1, 0.15) is 0 Å². The summed E-state index contributed by atoms with van der Waals surface area (Å²) in [7, 11) is 1.41. The third kappa shape index (κ3) is 4.17. The van der Waals surface area contributed by atoms with Crippen LogP contribution in [0.15, 0.2) is 47.9 Å². The third-order valence-electron chi connectivity index (χ3n) is 3.58. The molecule has 1 aromatic carbocycles. The number of hydrogen-bond donors (Lipinski definition) is 2. The smallest absolute Gasteiger partial charge is 0.271 e. The number of nitro groups is 1. The number of ether oxygens (including phenoxy) is 1. The molecule has 11 nitrogen and oxygen atoms in total. The molecule has 0 spiro atoms. The molecular weight excluding hydrogens is 386 g/mol. The van der Waals surface area contributed by atoms with E-state index in [-0.39, 0.29) is 17.1 Å². The van der Waals surface area contributed by atoms with Crippen LogP contribution in [-0.4, -0.2) is 43.6 Å². The molecule has 0 atom stereocenters. The van der Waals surface area contributed by atoms with Gasteiger partial charge in [-0.2, -0.15) is 0 Å². The van der Waals surface area contributed by atoms with Gasteiger partial charge in [-0.3, -0.25) is 19.9 Å². The number of rotatable bonds is 7. The molecule has 0 aliphatic carbocycles. The van der Waals surface area contributed by atoms with Crippen LogP contribution in [0.4, 0.5) is 11.4 Å². The highest BCUT2D eigenvalue weighted by atomic mass is 32.2. The van der Waals surface area contributed by atoms with E-state index in [4.69, 9.17) is 10.6 Å². The normalized spacial score (nSPS) is 10.5. The fraction of sp³-hybridized carbons (Fsp3) is 0.125. The van der Waals surface area contributed by atoms with Gasteiger partial charge in [-0.1, -0.05) is 11.8 Å². The molecule has 0 fully saturated rings. The average molecular weight is 401 g/mol. The Hall–Kier alpha value is -3.67. The molecule has 0 radical (unpaired) electrons. The Morgan fingerprint density at radius 2 is 2.21 bits per heavy atom. The van der Waals surface area contributed by atoms with E-state index in [1.54, 1.807) is 24.5 Å². The number of benzene rings is 1. The van der Waals surface area contributed by atoms with Crippen LogP contribution in [0, 0.1) is 10.1 Å². The minimum absolute atomic E-state index is 0.0335. The number of methoxy groups -OCH3 is 1. The fourth-order valence-corrected chi connectivity index (χ4v) is 2.95. The molecule has 3 rings (SSSR count). The van der Waals surface area contributed by atoms with Gasteiger partial charge in [-0.25, -0.2) is 4.68 Å². The molecule has 2 aromatic heterocycles. The van der Waals surface area contributed by atoms with Gasteiger partial charge in [0, 0.05) is 30.1 Å². The number of carbonyl (C=O) groups is 1. The molecule has 0 unspecified atom stereocenters. The van der Waals surface area contributed by atoms with E-state index in [1.807, 2.05) is 0 Å². The zero-order chi connectivity index (χ0) is 20.1. The molecule has 12 heteroatoms. The standard InChI is InChI=1S/C16H15N7O4S/c1-27-13-5-4-11(23(25)26)7-12(13)19-14(24)9-28-16-21-20-15(22(16)17)10-3-2-6-18-8-10/h2-8H,9,17H2,1H3,(H,19,24). The molecule has 1 amide bonds. The zero-order valence-electron chi connectivity index (χ0n) is 14.6. The van der Waals surface area contributed by atoms with Crippen molar-refractivity contribution in [3.8, 4) is 17.1 Å². The van der Waals surface area contributed by atoms with Crippen molar-refractivity contribution in [2.45, 2.75) is 5.16 Å². The number of hydrogen-bond acceptors (Lipinski definition) is 9. The average Bonchev–Trinajstić information content (AvgIpc) is 3.07. The topological polar surface area (TPSA) is 151 Å². The molecule has 2 heterocycles. The molecule has 0 saturated heterocycles. The first kappa shape index (κ1) is 19.1. The van der Waals surface area contributed by atoms with Crippen LogP contribution < -0.4 is 15.9 Å². The first-order chi connectivity index (χ1) is 13.5. The van der Waals surface area contributed by atoms with Crippen molar-refractivity contribution in [1.82, 2.24) is 19.9 Å². The van der Waals surface area contributed by atoms with Crippen LogP contribution >= 0.6 is 11.8 Å². The van der Waals surface area contributed by atoms with Gasteiger partial charge >= 0.3 is 0 Å². The summed E-state index contributed by atoms with van der Waals surface area (Å²) in [5, 5.41) is 21.8. The number of nitrogens with zero attached hydrogens (tertiary/aromatic N) is 5. The number of pyridine rings is 1. The lowest BCUT2D eigenvalue weighted by Gasteiger charge is -2.09. The molecule has 0 aliphatic rings. The van der Waals surface area contributed by atoms with Crippen molar-refractivity contribution in [2.24, 2.45) is 0 Å². The largest absolute Gasteiger partial charge is 0.495 e. The summed E-state index contributed by atoms with van der Waals surface area (Å²) in [4.78, 5) is 26.6. The predicted octanol–water partition coefficient (Wildman–Crippen LogP) is 1.70. The summed E-state index contributed by atoms with van der Waals surface area (Å²) in [6.45, 7) is 0. The molecule has 0 bridgehead atoms. The van der Waals surface area contributed by atoms with Crippen LogP contribution in [0.2, 0.25) is 0 Å². The molecule has 144 valence electrons. The molecule has 3 N–H and O–H groups in total.